The van der Waals surface area contributed by atoms with Crippen LogP contribution in [0.25, 0.3) is 10.2 Å². The summed E-state index contributed by atoms with van der Waals surface area (Å²) >= 11 is 1.11. The maximum absolute atomic E-state index is 12.3. The summed E-state index contributed by atoms with van der Waals surface area (Å²) in [6.45, 7) is 2.99. The van der Waals surface area contributed by atoms with E-state index in [1.165, 1.54) is 3.96 Å². The molecule has 2 aromatic heterocycles. The maximum Gasteiger partial charge on any atom is 0.340 e. The van der Waals surface area contributed by atoms with Gasteiger partial charge in [-0.3, -0.25) is 4.79 Å². The van der Waals surface area contributed by atoms with E-state index in [1.54, 1.807) is 23.2 Å². The van der Waals surface area contributed by atoms with Crippen molar-refractivity contribution in [1.82, 2.24) is 18.7 Å². The lowest BCUT2D eigenvalue weighted by Crippen LogP contribution is -2.49. The number of hydrogen-bond acceptors (Lipinski definition) is 5. The third kappa shape index (κ3) is 2.15. The Labute approximate surface area is 114 Å². The minimum Gasteiger partial charge on any atom is -0.321 e. The topological polar surface area (TPSA) is 58.4 Å². The van der Waals surface area contributed by atoms with E-state index in [9.17, 15) is 9.59 Å². The van der Waals surface area contributed by atoms with E-state index in [0.29, 0.717) is 23.3 Å². The minimum atomic E-state index is -0.267. The largest absolute Gasteiger partial charge is 0.340 e. The SMILES string of the molecule is CN1CCN(C(=O)n2sc3ncccc3c2=O)CC1. The normalized spacial score (nSPS) is 17.0. The van der Waals surface area contributed by atoms with Gasteiger partial charge in [0.2, 0.25) is 0 Å². The van der Waals surface area contributed by atoms with Crippen LogP contribution in [0.2, 0.25) is 0 Å². The Morgan fingerprint density at radius 3 is 2.74 bits per heavy atom. The molecular formula is C12H14N4O2S. The summed E-state index contributed by atoms with van der Waals surface area (Å²) in [5.41, 5.74) is -0.267. The van der Waals surface area contributed by atoms with Gasteiger partial charge in [0.1, 0.15) is 4.83 Å². The Hall–Kier alpha value is -1.73. The highest BCUT2D eigenvalue weighted by molar-refractivity contribution is 7.14. The first-order valence-electron chi connectivity index (χ1n) is 6.12. The average Bonchev–Trinajstić information content (AvgIpc) is 2.77. The molecule has 7 heteroatoms. The lowest BCUT2D eigenvalue weighted by molar-refractivity contribution is 0.157. The molecule has 1 fully saturated rings. The van der Waals surface area contributed by atoms with Gasteiger partial charge >= 0.3 is 6.03 Å². The molecule has 0 aromatic carbocycles. The Morgan fingerprint density at radius 2 is 2.05 bits per heavy atom. The zero-order valence-corrected chi connectivity index (χ0v) is 11.4. The number of rotatable bonds is 0. The molecule has 6 nitrogen and oxygen atoms in total. The zero-order valence-electron chi connectivity index (χ0n) is 10.6. The molecule has 0 bridgehead atoms. The van der Waals surface area contributed by atoms with Crippen LogP contribution in [-0.4, -0.2) is 58.0 Å². The highest BCUT2D eigenvalue weighted by Gasteiger charge is 2.23. The quantitative estimate of drug-likeness (QED) is 0.711. The molecule has 1 amide bonds. The van der Waals surface area contributed by atoms with Crippen LogP contribution in [0.15, 0.2) is 23.1 Å². The van der Waals surface area contributed by atoms with Gasteiger partial charge in [-0.25, -0.2) is 9.78 Å². The Kier molecular flexibility index (Phi) is 3.08. The molecule has 0 radical (unpaired) electrons. The van der Waals surface area contributed by atoms with Crippen LogP contribution >= 0.6 is 11.5 Å². The summed E-state index contributed by atoms with van der Waals surface area (Å²) in [5.74, 6) is 0. The van der Waals surface area contributed by atoms with Gasteiger partial charge in [-0.2, -0.15) is 3.96 Å². The predicted octanol–water partition coefficient (Wildman–Crippen LogP) is 0.673. The Morgan fingerprint density at radius 1 is 1.32 bits per heavy atom. The fourth-order valence-electron chi connectivity index (χ4n) is 2.12. The van der Waals surface area contributed by atoms with Gasteiger partial charge in [0.05, 0.1) is 5.39 Å². The van der Waals surface area contributed by atoms with Crippen molar-refractivity contribution in [2.75, 3.05) is 33.2 Å². The van der Waals surface area contributed by atoms with Gasteiger partial charge in [0.25, 0.3) is 5.56 Å². The molecule has 100 valence electrons. The molecule has 0 unspecified atom stereocenters. The van der Waals surface area contributed by atoms with Crippen LogP contribution in [0.1, 0.15) is 0 Å². The Balaban J connectivity index is 1.94. The summed E-state index contributed by atoms with van der Waals surface area (Å²) in [6, 6.07) is 3.18. The molecule has 3 heterocycles. The third-order valence-electron chi connectivity index (χ3n) is 3.31. The highest BCUT2D eigenvalue weighted by Crippen LogP contribution is 2.14. The molecule has 0 atom stereocenters. The first-order chi connectivity index (χ1) is 9.16. The second-order valence-electron chi connectivity index (χ2n) is 4.62. The van der Waals surface area contributed by atoms with Crippen LogP contribution in [0, 0.1) is 0 Å². The number of likely N-dealkylation sites (N-methyl/N-ethyl adjacent to an activating group) is 1. The molecular weight excluding hydrogens is 264 g/mol. The highest BCUT2D eigenvalue weighted by atomic mass is 32.1. The summed E-state index contributed by atoms with van der Waals surface area (Å²) in [4.78, 5) is 33.1. The van der Waals surface area contributed by atoms with Gasteiger partial charge in [-0.1, -0.05) is 0 Å². The van der Waals surface area contributed by atoms with Gasteiger partial charge in [-0.05, 0) is 30.7 Å². The van der Waals surface area contributed by atoms with Gasteiger partial charge < -0.3 is 9.80 Å². The molecule has 1 saturated heterocycles. The molecule has 2 aromatic rings. The van der Waals surface area contributed by atoms with E-state index in [4.69, 9.17) is 0 Å². The van der Waals surface area contributed by atoms with E-state index in [0.717, 1.165) is 24.6 Å². The molecule has 0 N–H and O–H groups in total. The minimum absolute atomic E-state index is 0.235. The van der Waals surface area contributed by atoms with Crippen molar-refractivity contribution in [2.45, 2.75) is 0 Å². The van der Waals surface area contributed by atoms with Crippen LogP contribution in [0.4, 0.5) is 4.79 Å². The first kappa shape index (κ1) is 12.3. The summed E-state index contributed by atoms with van der Waals surface area (Å²) < 4.78 is 1.21. The number of carbonyl (C=O) groups excluding carboxylic acids is 1. The van der Waals surface area contributed by atoms with Crippen molar-refractivity contribution in [1.29, 1.82) is 0 Å². The fourth-order valence-corrected chi connectivity index (χ4v) is 3.03. The Bertz CT molecular complexity index is 670. The predicted molar refractivity (Wildman–Crippen MR) is 73.7 cm³/mol. The van der Waals surface area contributed by atoms with E-state index < -0.39 is 0 Å². The first-order valence-corrected chi connectivity index (χ1v) is 6.89. The molecule has 19 heavy (non-hydrogen) atoms. The van der Waals surface area contributed by atoms with E-state index in [1.807, 2.05) is 7.05 Å². The fraction of sp³-hybridized carbons (Fsp3) is 0.417. The summed E-state index contributed by atoms with van der Waals surface area (Å²) in [7, 11) is 2.03. The second kappa shape index (κ2) is 4.75. The van der Waals surface area contributed by atoms with E-state index in [2.05, 4.69) is 9.88 Å². The molecule has 3 rings (SSSR count). The number of carbonyl (C=O) groups is 1. The van der Waals surface area contributed by atoms with Crippen LogP contribution in [0.3, 0.4) is 0 Å². The lowest BCUT2D eigenvalue weighted by atomic mass is 10.3. The number of aromatic nitrogens is 2. The molecule has 0 spiro atoms. The van der Waals surface area contributed by atoms with Crippen molar-refractivity contribution >= 4 is 27.8 Å². The molecule has 1 aliphatic heterocycles. The smallest absolute Gasteiger partial charge is 0.321 e. The number of pyridine rings is 1. The molecule has 0 aliphatic carbocycles. The average molecular weight is 278 g/mol. The second-order valence-corrected chi connectivity index (χ2v) is 5.55. The van der Waals surface area contributed by atoms with Crippen LogP contribution in [-0.2, 0) is 0 Å². The standard InChI is InChI=1S/C12H14N4O2S/c1-14-5-7-15(8-6-14)12(18)16-11(17)9-3-2-4-13-10(9)19-16/h2-4H,5-8H2,1H3. The van der Waals surface area contributed by atoms with Crippen LogP contribution in [0.5, 0.6) is 0 Å². The van der Waals surface area contributed by atoms with E-state index >= 15 is 0 Å². The van der Waals surface area contributed by atoms with Crippen LogP contribution < -0.4 is 5.56 Å². The summed E-state index contributed by atoms with van der Waals surface area (Å²) in [5, 5.41) is 0.509. The zero-order chi connectivity index (χ0) is 13.4. The van der Waals surface area contributed by atoms with Crippen molar-refractivity contribution in [3.05, 3.63) is 28.7 Å². The maximum atomic E-state index is 12.3. The molecule has 0 saturated carbocycles. The van der Waals surface area contributed by atoms with Gasteiger partial charge in [-0.15, -0.1) is 0 Å². The number of nitrogens with zero attached hydrogens (tertiary/aromatic N) is 4. The van der Waals surface area contributed by atoms with Gasteiger partial charge in [0.15, 0.2) is 0 Å². The van der Waals surface area contributed by atoms with Crippen molar-refractivity contribution in [2.24, 2.45) is 0 Å². The van der Waals surface area contributed by atoms with Crippen molar-refractivity contribution in [3.8, 4) is 0 Å². The van der Waals surface area contributed by atoms with Gasteiger partial charge in [0, 0.05) is 32.4 Å². The number of amides is 1. The summed E-state index contributed by atoms with van der Waals surface area (Å²) in [6.07, 6.45) is 1.63. The number of piperazine rings is 1. The van der Waals surface area contributed by atoms with Crippen molar-refractivity contribution in [3.63, 3.8) is 0 Å². The third-order valence-corrected chi connectivity index (χ3v) is 4.31. The van der Waals surface area contributed by atoms with E-state index in [-0.39, 0.29) is 11.6 Å². The monoisotopic (exact) mass is 278 g/mol. The molecule has 1 aliphatic rings. The van der Waals surface area contributed by atoms with Crippen molar-refractivity contribution < 1.29 is 4.79 Å². The number of hydrogen-bond donors (Lipinski definition) is 0. The number of fused-ring (bicyclic) bond motifs is 1. The lowest BCUT2D eigenvalue weighted by Gasteiger charge is -2.31.